The summed E-state index contributed by atoms with van der Waals surface area (Å²) in [5.74, 6) is 0.651. The number of guanidine groups is 1. The number of rotatable bonds is 8. The quantitative estimate of drug-likeness (QED) is 0.0446. The molecule has 394 valence electrons. The van der Waals surface area contributed by atoms with Gasteiger partial charge < -0.3 is 62.3 Å². The molecule has 72 heavy (non-hydrogen) atoms. The Hall–Kier alpha value is -4.08. The van der Waals surface area contributed by atoms with Crippen molar-refractivity contribution in [1.82, 2.24) is 10.3 Å². The fraction of sp³-hybridized carbons (Fsp3) is 0.750. The van der Waals surface area contributed by atoms with Crippen molar-refractivity contribution in [1.29, 1.82) is 0 Å². The molecule has 0 radical (unpaired) electrons. The summed E-state index contributed by atoms with van der Waals surface area (Å²) in [6, 6.07) is 1.89. The van der Waals surface area contributed by atoms with E-state index in [0.717, 1.165) is 24.8 Å². The van der Waals surface area contributed by atoms with E-state index >= 15 is 4.79 Å². The van der Waals surface area contributed by atoms with Crippen LogP contribution in [-0.2, 0) is 19.1 Å². The first-order valence-corrected chi connectivity index (χ1v) is 27.0. The number of carbonyl (C=O) groups excluding carboxylic acids is 3. The fourth-order valence-electron chi connectivity index (χ4n) is 18.1. The molecule has 0 unspecified atom stereocenters. The van der Waals surface area contributed by atoms with E-state index in [2.05, 4.69) is 40.1 Å². The number of cyclic esters (lactones) is 1. The van der Waals surface area contributed by atoms with E-state index in [1.54, 1.807) is 13.1 Å². The highest BCUT2D eigenvalue weighted by Crippen LogP contribution is 2.77. The van der Waals surface area contributed by atoms with Gasteiger partial charge in [0.1, 0.15) is 5.78 Å². The average Bonchev–Trinajstić information content (AvgIpc) is 4.05. The minimum absolute atomic E-state index is 0.00274. The van der Waals surface area contributed by atoms with Crippen molar-refractivity contribution in [3.63, 3.8) is 0 Å². The number of nitrogens with one attached hydrogen (secondary N) is 2. The van der Waals surface area contributed by atoms with E-state index < -0.39 is 94.0 Å². The van der Waals surface area contributed by atoms with E-state index in [1.807, 2.05) is 19.2 Å². The van der Waals surface area contributed by atoms with Gasteiger partial charge in [0.2, 0.25) is 0 Å². The average molecular weight is 998 g/mol. The maximum absolute atomic E-state index is 15.3. The van der Waals surface area contributed by atoms with Crippen molar-refractivity contribution in [3.05, 3.63) is 46.9 Å². The first kappa shape index (κ1) is 51.4. The lowest BCUT2D eigenvalue weighted by molar-refractivity contribution is -0.230. The summed E-state index contributed by atoms with van der Waals surface area (Å²) in [5, 5.41) is 90.1. The second-order valence-electron chi connectivity index (χ2n) is 24.8. The van der Waals surface area contributed by atoms with Gasteiger partial charge in [-0.3, -0.25) is 19.4 Å². The maximum atomic E-state index is 15.3. The molecule has 0 amide bonds. The molecule has 10 rings (SSSR count). The molecule has 16 heteroatoms. The molecular formula is C56H79N5O11. The molecule has 2 bridgehead atoms. The van der Waals surface area contributed by atoms with Gasteiger partial charge in [-0.1, -0.05) is 31.4 Å². The summed E-state index contributed by atoms with van der Waals surface area (Å²) in [5.41, 5.74) is 8.71. The zero-order chi connectivity index (χ0) is 51.4. The molecule has 13 N–H and O–H groups in total. The Kier molecular flexibility index (Phi) is 13.5. The van der Waals surface area contributed by atoms with Crippen LogP contribution in [0.15, 0.2) is 46.4 Å². The normalized spacial score (nSPS) is 46.7. The number of aliphatic hydroxyl groups excluding tert-OH is 4. The maximum Gasteiger partial charge on any atom is 0.313 e. The molecule has 6 fully saturated rings. The number of aromatic amines is 1. The molecule has 1 aromatic heterocycles. The number of H-pyrrole nitrogens is 1. The van der Waals surface area contributed by atoms with Crippen molar-refractivity contribution < 1.29 is 54.9 Å². The minimum atomic E-state index is -2.01. The van der Waals surface area contributed by atoms with Gasteiger partial charge in [0, 0.05) is 60.4 Å². The molecule has 1 aromatic rings. The van der Waals surface area contributed by atoms with Crippen molar-refractivity contribution in [3.8, 4) is 11.8 Å². The van der Waals surface area contributed by atoms with Crippen LogP contribution in [-0.4, -0.2) is 120 Å². The standard InChI is InChI=1S/C56H79N5O11/c1-27-8-9-29-11-13-35-37(36(29)16-27)17-30(39-26-72-51(69)44(39)33-14-15-59-24-33)6-5-7-32-21-56(71)46-45(53(3)22-42(64)41(63)19-40(53)48(66)47(46)60-23-28(2)62)31-10-12-34(25-61-52(57)58)55(56,20-31)49(32)54(4,70)43(65)18-38(35)50(67)68/h11,14-15,24,27,30-32,34-45,49-50,59-60,63-65,67-68,70-71H,7-10,12-13,16-23,25-26H2,1-4H3,(H4,57,58,61)/t27-,30-,31-,32-,34+,35+,36+,37+,38+,39+,40-,41+,42-,43+,44+,45-,49+,53-,54-,55-,56+/m0/s1. The van der Waals surface area contributed by atoms with Gasteiger partial charge in [0.15, 0.2) is 18.0 Å². The molecule has 8 aliphatic carbocycles. The van der Waals surface area contributed by atoms with Crippen LogP contribution < -0.4 is 16.8 Å². The third kappa shape index (κ3) is 8.12. The second kappa shape index (κ2) is 18.9. The number of aliphatic imine (C=N–C) groups is 1. The molecule has 2 heterocycles. The summed E-state index contributed by atoms with van der Waals surface area (Å²) >= 11 is 0. The summed E-state index contributed by atoms with van der Waals surface area (Å²) in [4.78, 5) is 49.5. The second-order valence-corrected chi connectivity index (χ2v) is 24.8. The fourth-order valence-corrected chi connectivity index (χ4v) is 18.1. The summed E-state index contributed by atoms with van der Waals surface area (Å²) in [7, 11) is 0. The van der Waals surface area contributed by atoms with Crippen molar-refractivity contribution >= 4 is 23.5 Å². The molecule has 21 atom stereocenters. The van der Waals surface area contributed by atoms with Crippen LogP contribution in [0.4, 0.5) is 0 Å². The predicted octanol–water partition coefficient (Wildman–Crippen LogP) is 2.94. The number of fused-ring (bicyclic) bond motifs is 10. The Morgan fingerprint density at radius 1 is 0.986 bits per heavy atom. The first-order valence-electron chi connectivity index (χ1n) is 27.0. The molecule has 1 saturated heterocycles. The third-order valence-electron chi connectivity index (χ3n) is 21.0. The number of hydrogen-bond acceptors (Lipinski definition) is 13. The van der Waals surface area contributed by atoms with Crippen LogP contribution in [0.5, 0.6) is 0 Å². The monoisotopic (exact) mass is 998 g/mol. The largest absolute Gasteiger partial charge is 0.465 e. The Labute approximate surface area is 422 Å². The number of carbonyl (C=O) groups is 3. The molecule has 16 nitrogen and oxygen atoms in total. The van der Waals surface area contributed by atoms with Gasteiger partial charge in [-0.15, -0.1) is 5.92 Å². The van der Waals surface area contributed by atoms with Gasteiger partial charge >= 0.3 is 5.97 Å². The van der Waals surface area contributed by atoms with Crippen LogP contribution in [0.25, 0.3) is 0 Å². The van der Waals surface area contributed by atoms with E-state index in [0.29, 0.717) is 43.6 Å². The van der Waals surface area contributed by atoms with E-state index in [1.165, 1.54) is 12.5 Å². The Balaban J connectivity index is 1.18. The number of aliphatic hydroxyl groups is 7. The smallest absolute Gasteiger partial charge is 0.313 e. The number of ether oxygens (including phenoxy) is 1. The van der Waals surface area contributed by atoms with Gasteiger partial charge in [0.05, 0.1) is 54.3 Å². The van der Waals surface area contributed by atoms with Gasteiger partial charge in [0.25, 0.3) is 0 Å². The molecule has 0 aromatic carbocycles. The highest BCUT2D eigenvalue weighted by molar-refractivity contribution is 6.00. The zero-order valence-corrected chi connectivity index (χ0v) is 42.4. The topological polar surface area (TPSA) is 294 Å². The predicted molar refractivity (Wildman–Crippen MR) is 265 cm³/mol. The van der Waals surface area contributed by atoms with Gasteiger partial charge in [-0.2, -0.15) is 0 Å². The lowest BCUT2D eigenvalue weighted by atomic mass is 9.37. The third-order valence-corrected chi connectivity index (χ3v) is 21.0. The molecule has 1 aliphatic heterocycles. The number of aromatic nitrogens is 1. The number of nitrogens with zero attached hydrogens (tertiary/aromatic N) is 1. The first-order chi connectivity index (χ1) is 34.1. The van der Waals surface area contributed by atoms with Crippen molar-refractivity contribution in [2.24, 2.45) is 104 Å². The number of ketones is 2. The number of Topliss-reactive ketones (excluding diaryl/α,β-unsaturated/α-hetero) is 2. The lowest BCUT2D eigenvalue weighted by Gasteiger charge is -2.68. The number of nitrogens with two attached hydrogens (primary N) is 2. The van der Waals surface area contributed by atoms with E-state index in [4.69, 9.17) is 16.2 Å². The SMILES string of the molecule is CC(=O)CNC1=C2[C@H]([C@H]3CC[C@H](CN=C(N)N)[C@@]4(C3)[C@@H]3[C@@H](CC#C[C@H]([C@H]5COC(=O)[C@@H]5c5cc[nH]c5)C[C@@H]5[C@@H](CC=C6CC[C@H](C)C[C@H]65)[C@H](C(O)O)C[C@@H](O)[C@]3(C)O)C[C@@]24O)[C@@]2(C)C[C@H](O)[C@H](O)C[C@H]2C1=O. The van der Waals surface area contributed by atoms with Crippen molar-refractivity contribution in [2.45, 2.75) is 153 Å². The Morgan fingerprint density at radius 2 is 1.76 bits per heavy atom. The van der Waals surface area contributed by atoms with Crippen molar-refractivity contribution in [2.75, 3.05) is 19.7 Å². The van der Waals surface area contributed by atoms with Crippen LogP contribution >= 0.6 is 0 Å². The van der Waals surface area contributed by atoms with Crippen LogP contribution in [0, 0.1) is 99.6 Å². The summed E-state index contributed by atoms with van der Waals surface area (Å²) < 4.78 is 5.88. The summed E-state index contributed by atoms with van der Waals surface area (Å²) in [6.07, 6.45) is 5.77. The number of allylic oxidation sites excluding steroid dienone is 3. The highest BCUT2D eigenvalue weighted by atomic mass is 16.5. The van der Waals surface area contributed by atoms with E-state index in [9.17, 15) is 45.3 Å². The van der Waals surface area contributed by atoms with Crippen LogP contribution in [0.3, 0.4) is 0 Å². The minimum Gasteiger partial charge on any atom is -0.465 e. The number of hydrogen-bond donors (Lipinski definition) is 11. The van der Waals surface area contributed by atoms with E-state index in [-0.39, 0.29) is 111 Å². The van der Waals surface area contributed by atoms with Gasteiger partial charge in [-0.05, 0) is 161 Å². The molecule has 9 aliphatic rings. The lowest BCUT2D eigenvalue weighted by Crippen LogP contribution is -2.70. The molecule has 5 saturated carbocycles. The Morgan fingerprint density at radius 3 is 2.47 bits per heavy atom. The highest BCUT2D eigenvalue weighted by Gasteiger charge is 2.78. The zero-order valence-electron chi connectivity index (χ0n) is 42.4. The summed E-state index contributed by atoms with van der Waals surface area (Å²) in [6.45, 7) is 7.28. The van der Waals surface area contributed by atoms with Crippen LogP contribution in [0.1, 0.15) is 123 Å². The van der Waals surface area contributed by atoms with Crippen LogP contribution in [0.2, 0.25) is 0 Å². The number of esters is 1. The Bertz CT molecular complexity index is 2440. The van der Waals surface area contributed by atoms with Gasteiger partial charge in [-0.25, -0.2) is 0 Å². The molecule has 1 spiro atoms. The molecular weight excluding hydrogens is 919 g/mol.